The average Bonchev–Trinajstić information content (AvgIpc) is 3.31. The van der Waals surface area contributed by atoms with E-state index in [4.69, 9.17) is 5.73 Å². The topological polar surface area (TPSA) is 85.3 Å². The van der Waals surface area contributed by atoms with Crippen LogP contribution in [0, 0.1) is 0 Å². The van der Waals surface area contributed by atoms with Gasteiger partial charge in [-0.25, -0.2) is 27.1 Å². The van der Waals surface area contributed by atoms with E-state index >= 15 is 0 Å². The first-order chi connectivity index (χ1) is 14.3. The Balaban J connectivity index is 1.66. The number of thiophene rings is 1. The SMILES string of the molecule is NC1CCCC(F)(F)C1=CNC(=O)c1cc(-c2cnc3cccnn23)c(C(F)F)s1. The third-order valence-electron chi connectivity index (χ3n) is 4.92. The molecule has 6 nitrogen and oxygen atoms in total. The number of hydrogen-bond acceptors (Lipinski definition) is 5. The molecule has 0 bridgehead atoms. The van der Waals surface area contributed by atoms with Gasteiger partial charge in [-0.2, -0.15) is 5.10 Å². The van der Waals surface area contributed by atoms with Crippen LogP contribution in [0.1, 0.15) is 40.2 Å². The van der Waals surface area contributed by atoms with Crippen molar-refractivity contribution in [1.29, 1.82) is 0 Å². The quantitative estimate of drug-likeness (QED) is 0.598. The molecular formula is C19H17F4N5OS. The molecule has 0 saturated heterocycles. The Morgan fingerprint density at radius 2 is 2.23 bits per heavy atom. The lowest BCUT2D eigenvalue weighted by molar-refractivity contribution is 0.0109. The molecule has 3 N–H and O–H groups in total. The van der Waals surface area contributed by atoms with E-state index < -0.39 is 24.3 Å². The van der Waals surface area contributed by atoms with Gasteiger partial charge in [0.05, 0.1) is 21.6 Å². The second-order valence-electron chi connectivity index (χ2n) is 6.90. The second-order valence-corrected chi connectivity index (χ2v) is 7.99. The summed E-state index contributed by atoms with van der Waals surface area (Å²) in [7, 11) is 0. The van der Waals surface area contributed by atoms with Crippen molar-refractivity contribution in [3.63, 3.8) is 0 Å². The van der Waals surface area contributed by atoms with Gasteiger partial charge in [-0.15, -0.1) is 11.3 Å². The van der Waals surface area contributed by atoms with Crippen molar-refractivity contribution in [3.8, 4) is 11.3 Å². The molecule has 0 aromatic carbocycles. The van der Waals surface area contributed by atoms with Crippen LogP contribution in [0.4, 0.5) is 17.6 Å². The highest BCUT2D eigenvalue weighted by atomic mass is 32.1. The van der Waals surface area contributed by atoms with E-state index in [9.17, 15) is 22.4 Å². The minimum Gasteiger partial charge on any atom is -0.328 e. The molecule has 11 heteroatoms. The molecule has 3 aromatic rings. The van der Waals surface area contributed by atoms with E-state index in [0.29, 0.717) is 35.5 Å². The minimum absolute atomic E-state index is 0.0456. The zero-order chi connectivity index (χ0) is 21.5. The summed E-state index contributed by atoms with van der Waals surface area (Å²) in [6.45, 7) is 0. The standard InChI is InChI=1S/C19H17F4N5OS/c20-17(21)16-10(13-9-25-15-4-2-6-27-28(13)15)7-14(30-16)18(29)26-8-11-12(24)3-1-5-19(11,22)23/h2,4,6-9,12,17H,1,3,5,24H2,(H,26,29). The summed E-state index contributed by atoms with van der Waals surface area (Å²) in [6, 6.07) is 3.75. The maximum atomic E-state index is 14.1. The number of hydrogen-bond donors (Lipinski definition) is 2. The van der Waals surface area contributed by atoms with Crippen LogP contribution >= 0.6 is 11.3 Å². The molecule has 0 radical (unpaired) electrons. The van der Waals surface area contributed by atoms with Gasteiger partial charge in [0.2, 0.25) is 0 Å². The Kier molecular flexibility index (Phi) is 5.33. The number of nitrogens with one attached hydrogen (secondary N) is 1. The lowest BCUT2D eigenvalue weighted by Crippen LogP contribution is -2.39. The van der Waals surface area contributed by atoms with Crippen molar-refractivity contribution in [3.05, 3.63) is 52.1 Å². The molecule has 30 heavy (non-hydrogen) atoms. The fourth-order valence-corrected chi connectivity index (χ4v) is 4.36. The highest BCUT2D eigenvalue weighted by molar-refractivity contribution is 7.14. The maximum Gasteiger partial charge on any atom is 0.273 e. The molecule has 1 atom stereocenters. The van der Waals surface area contributed by atoms with Crippen LogP contribution in [-0.4, -0.2) is 32.5 Å². The molecule has 3 aromatic heterocycles. The number of carbonyl (C=O) groups excluding carboxylic acids is 1. The van der Waals surface area contributed by atoms with Crippen molar-refractivity contribution in [2.75, 3.05) is 0 Å². The molecular weight excluding hydrogens is 422 g/mol. The van der Waals surface area contributed by atoms with Gasteiger partial charge in [-0.1, -0.05) is 0 Å². The Morgan fingerprint density at radius 3 is 2.97 bits per heavy atom. The summed E-state index contributed by atoms with van der Waals surface area (Å²) in [5.41, 5.74) is 6.26. The van der Waals surface area contributed by atoms with Gasteiger partial charge in [0.15, 0.2) is 5.65 Å². The molecule has 1 aliphatic carbocycles. The third kappa shape index (κ3) is 3.70. The fourth-order valence-electron chi connectivity index (χ4n) is 3.43. The predicted molar refractivity (Wildman–Crippen MR) is 104 cm³/mol. The van der Waals surface area contributed by atoms with Crippen LogP contribution in [0.3, 0.4) is 0 Å². The number of aromatic nitrogens is 3. The number of rotatable bonds is 4. The molecule has 1 saturated carbocycles. The van der Waals surface area contributed by atoms with Gasteiger partial charge < -0.3 is 11.1 Å². The van der Waals surface area contributed by atoms with Gasteiger partial charge in [0.25, 0.3) is 18.3 Å². The molecule has 158 valence electrons. The summed E-state index contributed by atoms with van der Waals surface area (Å²) in [5, 5.41) is 6.38. The summed E-state index contributed by atoms with van der Waals surface area (Å²) >= 11 is 0.591. The van der Waals surface area contributed by atoms with Gasteiger partial charge in [-0.05, 0) is 31.0 Å². The summed E-state index contributed by atoms with van der Waals surface area (Å²) in [6.07, 6.45) is 1.28. The zero-order valence-electron chi connectivity index (χ0n) is 15.5. The van der Waals surface area contributed by atoms with Gasteiger partial charge >= 0.3 is 0 Å². The van der Waals surface area contributed by atoms with Gasteiger partial charge in [0, 0.05) is 36.0 Å². The fraction of sp³-hybridized carbons (Fsp3) is 0.316. The summed E-state index contributed by atoms with van der Waals surface area (Å²) < 4.78 is 56.8. The van der Waals surface area contributed by atoms with Crippen LogP contribution in [0.5, 0.6) is 0 Å². The Bertz CT molecular complexity index is 1120. The van der Waals surface area contributed by atoms with E-state index in [1.807, 2.05) is 0 Å². The first kappa shape index (κ1) is 20.5. The normalized spacial score (nSPS) is 20.2. The lowest BCUT2D eigenvalue weighted by atomic mass is 9.88. The zero-order valence-corrected chi connectivity index (χ0v) is 16.3. The highest BCUT2D eigenvalue weighted by Crippen LogP contribution is 2.39. The highest BCUT2D eigenvalue weighted by Gasteiger charge is 2.40. The molecule has 1 aliphatic rings. The van der Waals surface area contributed by atoms with Crippen molar-refractivity contribution in [2.45, 2.75) is 37.7 Å². The average molecular weight is 439 g/mol. The molecule has 1 amide bonds. The third-order valence-corrected chi connectivity index (χ3v) is 6.06. The van der Waals surface area contributed by atoms with Crippen molar-refractivity contribution < 1.29 is 22.4 Å². The molecule has 1 unspecified atom stereocenters. The molecule has 3 heterocycles. The van der Waals surface area contributed by atoms with E-state index in [1.165, 1.54) is 23.0 Å². The minimum atomic E-state index is -3.11. The van der Waals surface area contributed by atoms with Gasteiger partial charge in [-0.3, -0.25) is 4.79 Å². The van der Waals surface area contributed by atoms with Crippen LogP contribution in [0.15, 0.2) is 42.4 Å². The van der Waals surface area contributed by atoms with E-state index in [2.05, 4.69) is 15.4 Å². The predicted octanol–water partition coefficient (Wildman–Crippen LogP) is 4.16. The van der Waals surface area contributed by atoms with E-state index in [0.717, 1.165) is 6.20 Å². The smallest absolute Gasteiger partial charge is 0.273 e. The van der Waals surface area contributed by atoms with Crippen molar-refractivity contribution >= 4 is 22.9 Å². The van der Waals surface area contributed by atoms with Crippen LogP contribution < -0.4 is 11.1 Å². The number of nitrogens with two attached hydrogens (primary N) is 1. The summed E-state index contributed by atoms with van der Waals surface area (Å²) in [5.74, 6) is -3.88. The monoisotopic (exact) mass is 439 g/mol. The first-order valence-corrected chi connectivity index (χ1v) is 9.95. The largest absolute Gasteiger partial charge is 0.328 e. The Hall–Kier alpha value is -2.79. The maximum absolute atomic E-state index is 14.1. The number of nitrogens with zero attached hydrogens (tertiary/aromatic N) is 3. The van der Waals surface area contributed by atoms with Gasteiger partial charge in [0.1, 0.15) is 0 Å². The van der Waals surface area contributed by atoms with E-state index in [1.54, 1.807) is 12.1 Å². The van der Waals surface area contributed by atoms with Crippen LogP contribution in [0.25, 0.3) is 16.9 Å². The Morgan fingerprint density at radius 1 is 1.43 bits per heavy atom. The number of amides is 1. The van der Waals surface area contributed by atoms with E-state index in [-0.39, 0.29) is 27.3 Å². The Labute approximate surface area is 172 Å². The van der Waals surface area contributed by atoms with Crippen molar-refractivity contribution in [1.82, 2.24) is 19.9 Å². The summed E-state index contributed by atoms with van der Waals surface area (Å²) in [4.78, 5) is 16.3. The number of imidazole rings is 1. The second kappa shape index (κ2) is 7.80. The molecule has 0 aliphatic heterocycles. The molecule has 4 rings (SSSR count). The van der Waals surface area contributed by atoms with Crippen LogP contribution in [-0.2, 0) is 0 Å². The van der Waals surface area contributed by atoms with Crippen LogP contribution in [0.2, 0.25) is 0 Å². The number of halogens is 4. The number of carbonyl (C=O) groups is 1. The van der Waals surface area contributed by atoms with Crippen molar-refractivity contribution in [2.24, 2.45) is 5.73 Å². The lowest BCUT2D eigenvalue weighted by Gasteiger charge is -2.29. The first-order valence-electron chi connectivity index (χ1n) is 9.14. The number of alkyl halides is 4. The number of fused-ring (bicyclic) bond motifs is 1. The molecule has 0 spiro atoms. The molecule has 1 fully saturated rings.